The largest absolute Gasteiger partial charge is 0.394 e. The number of amides is 1. The number of hydrogen-bond acceptors (Lipinski definition) is 21. The van der Waals surface area contributed by atoms with Gasteiger partial charge < -0.3 is 88.1 Å². The Bertz CT molecular complexity index is 1200. The first-order valence-electron chi connectivity index (χ1n) is 14.5. The lowest BCUT2D eigenvalue weighted by Crippen LogP contribution is -2.69. The maximum atomic E-state index is 12.6. The molecule has 0 radical (unpaired) electrons. The summed E-state index contributed by atoms with van der Waals surface area (Å²) >= 11 is 0. The van der Waals surface area contributed by atoms with E-state index in [0.717, 1.165) is 0 Å². The van der Waals surface area contributed by atoms with Crippen LogP contribution in [0.3, 0.4) is 0 Å². The molecule has 0 aromatic rings. The lowest BCUT2D eigenvalue weighted by atomic mass is 9.83. The minimum Gasteiger partial charge on any atom is -0.394 e. The van der Waals surface area contributed by atoms with E-state index in [2.05, 4.69) is 5.32 Å². The zero-order valence-corrected chi connectivity index (χ0v) is 27.6. The molecule has 21 N–H and O–H groups in total. The van der Waals surface area contributed by atoms with Crippen LogP contribution in [0.2, 0.25) is 0 Å². The SMILES string of the molecule is NCC[C@H](O)C(=O)N[C@@H]1C[C@H](N)[C@@H](O[C@H]2O[C@H](CN)[C@@H](O)[C@H](O)[C@H]2O)[C@H](O)[C@H]1O[C@@H]1O[C@H](CO)[C@@H](O)[C@H](N)[C@H]1O.O=S(=O)(O)O.O=S(=O)(O)O. The molecule has 1 amide bonds. The molecule has 0 aromatic carbocycles. The summed E-state index contributed by atoms with van der Waals surface area (Å²) in [5, 5.41) is 84.9. The van der Waals surface area contributed by atoms with Crippen LogP contribution in [0.15, 0.2) is 0 Å². The normalized spacial score (nSPS) is 40.0. The molecular formula is C22H47N5O21S2. The Labute approximate surface area is 285 Å². The molecule has 0 spiro atoms. The topological polar surface area (TPSA) is 481 Å². The van der Waals surface area contributed by atoms with Crippen molar-refractivity contribution >= 4 is 26.7 Å². The maximum Gasteiger partial charge on any atom is 0.394 e. The van der Waals surface area contributed by atoms with Crippen LogP contribution in [0.1, 0.15) is 12.8 Å². The molecule has 0 bridgehead atoms. The summed E-state index contributed by atoms with van der Waals surface area (Å²) in [6, 6.07) is -3.45. The van der Waals surface area contributed by atoms with Gasteiger partial charge in [-0.2, -0.15) is 16.8 Å². The number of aliphatic hydroxyl groups excluding tert-OH is 8. The van der Waals surface area contributed by atoms with Crippen LogP contribution in [0.5, 0.6) is 0 Å². The van der Waals surface area contributed by atoms with Gasteiger partial charge in [-0.15, -0.1) is 0 Å². The quantitative estimate of drug-likeness (QED) is 0.0915. The summed E-state index contributed by atoms with van der Waals surface area (Å²) in [4.78, 5) is 12.6. The number of aliphatic hydroxyl groups is 8. The molecule has 3 aliphatic rings. The van der Waals surface area contributed by atoms with Crippen molar-refractivity contribution in [2.45, 2.75) is 111 Å². The van der Waals surface area contributed by atoms with Crippen molar-refractivity contribution in [1.29, 1.82) is 0 Å². The summed E-state index contributed by atoms with van der Waals surface area (Å²) in [5.74, 6) is -0.845. The zero-order chi connectivity index (χ0) is 38.9. The lowest BCUT2D eigenvalue weighted by molar-refractivity contribution is -0.332. The molecular weight excluding hydrogens is 734 g/mol. The molecule has 2 heterocycles. The summed E-state index contributed by atoms with van der Waals surface area (Å²) in [7, 11) is -9.33. The van der Waals surface area contributed by atoms with Gasteiger partial charge in [0.15, 0.2) is 12.6 Å². The fourth-order valence-electron chi connectivity index (χ4n) is 5.07. The Morgan fingerprint density at radius 2 is 1.24 bits per heavy atom. The molecule has 2 saturated heterocycles. The molecule has 1 saturated carbocycles. The predicted octanol–water partition coefficient (Wildman–Crippen LogP) is -9.73. The molecule has 298 valence electrons. The van der Waals surface area contributed by atoms with E-state index in [1.54, 1.807) is 0 Å². The van der Waals surface area contributed by atoms with Crippen LogP contribution in [0.25, 0.3) is 0 Å². The van der Waals surface area contributed by atoms with Crippen LogP contribution in [0, 0.1) is 0 Å². The van der Waals surface area contributed by atoms with Gasteiger partial charge in [-0.3, -0.25) is 23.0 Å². The van der Waals surface area contributed by atoms with E-state index in [0.29, 0.717) is 0 Å². The Balaban J connectivity index is 0.00000109. The Hall–Kier alpha value is -1.43. The number of nitrogens with two attached hydrogens (primary N) is 4. The van der Waals surface area contributed by atoms with E-state index in [-0.39, 0.29) is 25.9 Å². The molecule has 3 rings (SSSR count). The van der Waals surface area contributed by atoms with Gasteiger partial charge in [-0.25, -0.2) is 0 Å². The second kappa shape index (κ2) is 20.1. The predicted molar refractivity (Wildman–Crippen MR) is 160 cm³/mol. The summed E-state index contributed by atoms with van der Waals surface area (Å²) in [6.45, 7) is -0.898. The third-order valence-electron chi connectivity index (χ3n) is 7.51. The van der Waals surface area contributed by atoms with Gasteiger partial charge in [-0.1, -0.05) is 0 Å². The average molecular weight is 782 g/mol. The third-order valence-corrected chi connectivity index (χ3v) is 7.51. The number of nitrogens with one attached hydrogen (secondary N) is 1. The highest BCUT2D eigenvalue weighted by molar-refractivity contribution is 7.80. The number of carbonyl (C=O) groups is 1. The van der Waals surface area contributed by atoms with E-state index in [9.17, 15) is 45.6 Å². The number of ether oxygens (including phenoxy) is 4. The van der Waals surface area contributed by atoms with Crippen molar-refractivity contribution < 1.29 is 99.6 Å². The smallest absolute Gasteiger partial charge is 0.394 e. The third kappa shape index (κ3) is 14.5. The fraction of sp³-hybridized carbons (Fsp3) is 0.955. The molecule has 26 nitrogen and oxygen atoms in total. The van der Waals surface area contributed by atoms with E-state index >= 15 is 0 Å². The van der Waals surface area contributed by atoms with Crippen molar-refractivity contribution in [3.05, 3.63) is 0 Å². The van der Waals surface area contributed by atoms with E-state index in [1.165, 1.54) is 0 Å². The first-order valence-corrected chi connectivity index (χ1v) is 17.3. The molecule has 1 aliphatic carbocycles. The summed E-state index contributed by atoms with van der Waals surface area (Å²) < 4.78 is 85.7. The Morgan fingerprint density at radius 3 is 1.72 bits per heavy atom. The van der Waals surface area contributed by atoms with Gasteiger partial charge in [-0.05, 0) is 19.4 Å². The first-order chi connectivity index (χ1) is 22.9. The number of hydrogen-bond donors (Lipinski definition) is 17. The Morgan fingerprint density at radius 1 is 0.760 bits per heavy atom. The molecule has 2 aliphatic heterocycles. The fourth-order valence-corrected chi connectivity index (χ4v) is 5.07. The number of rotatable bonds is 10. The molecule has 0 unspecified atom stereocenters. The molecule has 28 heteroatoms. The highest BCUT2D eigenvalue weighted by Crippen LogP contribution is 2.32. The summed E-state index contributed by atoms with van der Waals surface area (Å²) in [5.41, 5.74) is 23.1. The minimum absolute atomic E-state index is 0.0101. The van der Waals surface area contributed by atoms with Gasteiger partial charge in [0, 0.05) is 12.6 Å². The van der Waals surface area contributed by atoms with Crippen LogP contribution >= 0.6 is 0 Å². The maximum absolute atomic E-state index is 12.6. The number of carbonyl (C=O) groups excluding carboxylic acids is 1. The van der Waals surface area contributed by atoms with Crippen LogP contribution in [-0.4, -0.2) is 199 Å². The second-order valence-electron chi connectivity index (χ2n) is 11.2. The van der Waals surface area contributed by atoms with E-state index in [4.69, 9.17) is 76.9 Å². The van der Waals surface area contributed by atoms with E-state index in [1.807, 2.05) is 0 Å². The molecule has 16 atom stereocenters. The van der Waals surface area contributed by atoms with Crippen LogP contribution in [-0.2, 0) is 44.5 Å². The van der Waals surface area contributed by atoms with Crippen molar-refractivity contribution in [2.24, 2.45) is 22.9 Å². The van der Waals surface area contributed by atoms with Crippen LogP contribution in [0.4, 0.5) is 0 Å². The van der Waals surface area contributed by atoms with Crippen molar-refractivity contribution in [2.75, 3.05) is 19.7 Å². The van der Waals surface area contributed by atoms with E-state index < -0.39 is 131 Å². The minimum atomic E-state index is -4.67. The van der Waals surface area contributed by atoms with Gasteiger partial charge in [0.25, 0.3) is 0 Å². The second-order valence-corrected chi connectivity index (χ2v) is 13.0. The van der Waals surface area contributed by atoms with Gasteiger partial charge in [0.2, 0.25) is 5.91 Å². The van der Waals surface area contributed by atoms with Gasteiger partial charge in [0.05, 0.1) is 18.7 Å². The average Bonchev–Trinajstić information content (AvgIpc) is 2.99. The Kier molecular flexibility index (Phi) is 18.8. The first kappa shape index (κ1) is 46.6. The zero-order valence-electron chi connectivity index (χ0n) is 25.9. The highest BCUT2D eigenvalue weighted by Gasteiger charge is 2.52. The van der Waals surface area contributed by atoms with Gasteiger partial charge in [0.1, 0.15) is 67.1 Å². The van der Waals surface area contributed by atoms with Crippen LogP contribution < -0.4 is 28.3 Å². The monoisotopic (exact) mass is 781 g/mol. The standard InChI is InChI=1S/C22H43N5O13.2H2O4S/c23-2-1-8(29)20(36)27-7-3-6(25)18(39-22-16(34)15(33)13(31)9(4-24)37-22)17(35)19(7)40-21-14(32)11(26)12(30)10(5-28)38-21;2*1-5(2,3)4/h6-19,21-22,28-35H,1-5,23-26H2,(H,27,36);2*(H2,1,2,3,4)/t6-,7+,8-,9+,10+,11-,12+,13+,14+,15-,16+,17-,18+,19-,21-,22+;;/m0../s1. The molecule has 50 heavy (non-hydrogen) atoms. The molecule has 0 aromatic heterocycles. The molecule has 3 fully saturated rings. The van der Waals surface area contributed by atoms with Crippen molar-refractivity contribution in [3.63, 3.8) is 0 Å². The van der Waals surface area contributed by atoms with Gasteiger partial charge >= 0.3 is 20.8 Å². The van der Waals surface area contributed by atoms with Crippen molar-refractivity contribution in [1.82, 2.24) is 5.32 Å². The summed E-state index contributed by atoms with van der Waals surface area (Å²) in [6.07, 6.45) is -19.8. The van der Waals surface area contributed by atoms with Crippen molar-refractivity contribution in [3.8, 4) is 0 Å². The lowest BCUT2D eigenvalue weighted by Gasteiger charge is -2.49. The highest BCUT2D eigenvalue weighted by atomic mass is 32.3.